The van der Waals surface area contributed by atoms with Crippen molar-refractivity contribution in [3.8, 4) is 5.75 Å². The van der Waals surface area contributed by atoms with Crippen molar-refractivity contribution >= 4 is 21.8 Å². The Morgan fingerprint density at radius 2 is 1.61 bits per heavy atom. The van der Waals surface area contributed by atoms with Gasteiger partial charge in [0.2, 0.25) is 0 Å². The average Bonchev–Trinajstić information content (AvgIpc) is 3.17. The van der Waals surface area contributed by atoms with Gasteiger partial charge in [0.1, 0.15) is 6.61 Å². The lowest BCUT2D eigenvalue weighted by molar-refractivity contribution is 0.186. The van der Waals surface area contributed by atoms with E-state index in [1.54, 1.807) is 23.7 Å². The number of nitrogens with zero attached hydrogens (tertiary/aromatic N) is 3. The highest BCUT2D eigenvalue weighted by Gasteiger charge is 2.29. The number of likely N-dealkylation sites (tertiary alicyclic amines) is 1. The van der Waals surface area contributed by atoms with Crippen LogP contribution >= 0.6 is 0 Å². The number of fused-ring (bicyclic) bond motifs is 2. The van der Waals surface area contributed by atoms with Gasteiger partial charge in [0.05, 0.1) is 17.1 Å². The molecule has 4 heterocycles. The summed E-state index contributed by atoms with van der Waals surface area (Å²) in [5, 5.41) is 2.02. The molecule has 5 rings (SSSR count). The lowest BCUT2D eigenvalue weighted by Gasteiger charge is -2.32. The SMILES string of the molecule is Cc1cc(=O)n(C)c2c3c4c(cc12)c(C)cc(=O)n4C(CN1CCCC1)CO3. The van der Waals surface area contributed by atoms with Crippen LogP contribution < -0.4 is 15.9 Å². The molecule has 1 unspecified atom stereocenters. The second-order valence-electron chi connectivity index (χ2n) is 8.23. The van der Waals surface area contributed by atoms with Gasteiger partial charge in [0.15, 0.2) is 5.75 Å². The molecule has 146 valence electrons. The molecule has 0 bridgehead atoms. The number of aromatic nitrogens is 2. The van der Waals surface area contributed by atoms with Crippen LogP contribution in [0.5, 0.6) is 5.75 Å². The van der Waals surface area contributed by atoms with Gasteiger partial charge in [0.25, 0.3) is 11.1 Å². The predicted octanol–water partition coefficient (Wildman–Crippen LogP) is 2.50. The molecular weight excluding hydrogens is 354 g/mol. The molecule has 0 spiro atoms. The van der Waals surface area contributed by atoms with Crippen LogP contribution in [0.2, 0.25) is 0 Å². The highest BCUT2D eigenvalue weighted by molar-refractivity contribution is 6.04. The second-order valence-corrected chi connectivity index (χ2v) is 8.23. The van der Waals surface area contributed by atoms with E-state index >= 15 is 0 Å². The van der Waals surface area contributed by atoms with Crippen LogP contribution in [0.1, 0.15) is 30.0 Å². The molecule has 28 heavy (non-hydrogen) atoms. The fourth-order valence-electron chi connectivity index (χ4n) is 4.87. The van der Waals surface area contributed by atoms with E-state index in [1.807, 2.05) is 18.4 Å². The molecule has 6 nitrogen and oxygen atoms in total. The fraction of sp³-hybridized carbons (Fsp3) is 0.455. The molecular formula is C22H25N3O3. The quantitative estimate of drug-likeness (QED) is 0.642. The molecule has 1 saturated heterocycles. The van der Waals surface area contributed by atoms with E-state index in [4.69, 9.17) is 4.74 Å². The fourth-order valence-corrected chi connectivity index (χ4v) is 4.87. The molecule has 2 aliphatic rings. The number of pyridine rings is 2. The van der Waals surface area contributed by atoms with Crippen LogP contribution in [0.3, 0.4) is 0 Å². The Labute approximate surface area is 162 Å². The molecule has 0 aliphatic carbocycles. The van der Waals surface area contributed by atoms with Gasteiger partial charge in [-0.25, -0.2) is 0 Å². The Hall–Kier alpha value is -2.60. The molecule has 2 aliphatic heterocycles. The van der Waals surface area contributed by atoms with E-state index in [-0.39, 0.29) is 17.2 Å². The van der Waals surface area contributed by atoms with Gasteiger partial charge in [0, 0.05) is 36.5 Å². The zero-order chi connectivity index (χ0) is 19.6. The summed E-state index contributed by atoms with van der Waals surface area (Å²) in [6.45, 7) is 7.35. The Morgan fingerprint density at radius 1 is 0.964 bits per heavy atom. The molecule has 0 radical (unpaired) electrons. The molecule has 0 N–H and O–H groups in total. The summed E-state index contributed by atoms with van der Waals surface area (Å²) < 4.78 is 9.83. The van der Waals surface area contributed by atoms with Crippen molar-refractivity contribution in [3.63, 3.8) is 0 Å². The summed E-state index contributed by atoms with van der Waals surface area (Å²) in [7, 11) is 1.77. The van der Waals surface area contributed by atoms with Crippen molar-refractivity contribution in [2.45, 2.75) is 32.7 Å². The summed E-state index contributed by atoms with van der Waals surface area (Å²) in [6, 6.07) is 5.49. The lowest BCUT2D eigenvalue weighted by atomic mass is 10.0. The minimum Gasteiger partial charge on any atom is -0.487 e. The predicted molar refractivity (Wildman–Crippen MR) is 111 cm³/mol. The van der Waals surface area contributed by atoms with Gasteiger partial charge in [-0.3, -0.25) is 14.2 Å². The Morgan fingerprint density at radius 3 is 2.32 bits per heavy atom. The first-order valence-corrected chi connectivity index (χ1v) is 10.00. The van der Waals surface area contributed by atoms with Gasteiger partial charge in [-0.1, -0.05) is 0 Å². The van der Waals surface area contributed by atoms with Crippen molar-refractivity contribution in [1.29, 1.82) is 0 Å². The molecule has 3 aromatic rings. The number of hydrogen-bond acceptors (Lipinski definition) is 4. The van der Waals surface area contributed by atoms with Crippen molar-refractivity contribution in [2.75, 3.05) is 26.2 Å². The van der Waals surface area contributed by atoms with Gasteiger partial charge < -0.3 is 14.2 Å². The maximum absolute atomic E-state index is 13.0. The first kappa shape index (κ1) is 17.5. The van der Waals surface area contributed by atoms with E-state index < -0.39 is 0 Å². The Kier molecular flexibility index (Phi) is 3.88. The maximum atomic E-state index is 13.0. The molecule has 0 saturated carbocycles. The first-order chi connectivity index (χ1) is 13.5. The normalized spacial score (nSPS) is 19.5. The number of hydrogen-bond donors (Lipinski definition) is 0. The first-order valence-electron chi connectivity index (χ1n) is 10.00. The smallest absolute Gasteiger partial charge is 0.251 e. The van der Waals surface area contributed by atoms with Crippen molar-refractivity contribution < 1.29 is 4.74 Å². The lowest BCUT2D eigenvalue weighted by Crippen LogP contribution is -2.39. The summed E-state index contributed by atoms with van der Waals surface area (Å²) in [5.41, 5.74) is 3.42. The molecule has 1 aromatic carbocycles. The topological polar surface area (TPSA) is 56.5 Å². The molecule has 1 atom stereocenters. The summed E-state index contributed by atoms with van der Waals surface area (Å²) in [5.74, 6) is 0.661. The largest absolute Gasteiger partial charge is 0.487 e. The monoisotopic (exact) mass is 379 g/mol. The molecule has 2 aromatic heterocycles. The number of rotatable bonds is 2. The minimum absolute atomic E-state index is 0.00995. The van der Waals surface area contributed by atoms with E-state index in [0.717, 1.165) is 52.6 Å². The second kappa shape index (κ2) is 6.21. The third-order valence-corrected chi connectivity index (χ3v) is 6.36. The zero-order valence-electron chi connectivity index (χ0n) is 16.6. The summed E-state index contributed by atoms with van der Waals surface area (Å²) >= 11 is 0. The van der Waals surface area contributed by atoms with Crippen LogP contribution in [0, 0.1) is 13.8 Å². The third-order valence-electron chi connectivity index (χ3n) is 6.36. The maximum Gasteiger partial charge on any atom is 0.251 e. The number of benzene rings is 1. The molecule has 0 amide bonds. The van der Waals surface area contributed by atoms with Crippen molar-refractivity contribution in [3.05, 3.63) is 50.0 Å². The number of ether oxygens (including phenoxy) is 1. The van der Waals surface area contributed by atoms with Crippen LogP contribution in [0.25, 0.3) is 21.8 Å². The van der Waals surface area contributed by atoms with Crippen molar-refractivity contribution in [2.24, 2.45) is 7.05 Å². The van der Waals surface area contributed by atoms with Gasteiger partial charge in [-0.15, -0.1) is 0 Å². The molecule has 6 heteroatoms. The third kappa shape index (κ3) is 2.44. The Balaban J connectivity index is 1.86. The van der Waals surface area contributed by atoms with Crippen molar-refractivity contribution in [1.82, 2.24) is 14.0 Å². The highest BCUT2D eigenvalue weighted by Crippen LogP contribution is 2.39. The molecule has 1 fully saturated rings. The van der Waals surface area contributed by atoms with Crippen LogP contribution in [0.15, 0.2) is 27.8 Å². The van der Waals surface area contributed by atoms with E-state index in [0.29, 0.717) is 12.4 Å². The van der Waals surface area contributed by atoms with E-state index in [2.05, 4.69) is 11.0 Å². The van der Waals surface area contributed by atoms with Crippen LogP contribution in [-0.4, -0.2) is 40.3 Å². The standard InChI is InChI=1S/C22H25N3O3/c1-13-8-18(26)23(3)20-16(13)10-17-14(2)9-19(27)25-15(11-24-6-4-5-7-24)12-28-22(20)21(17)25/h8-10,15H,4-7,11-12H2,1-3H3. The van der Waals surface area contributed by atoms with Gasteiger partial charge >= 0.3 is 0 Å². The highest BCUT2D eigenvalue weighted by atomic mass is 16.5. The summed E-state index contributed by atoms with van der Waals surface area (Å²) in [6.07, 6.45) is 2.43. The van der Waals surface area contributed by atoms with E-state index in [9.17, 15) is 9.59 Å². The zero-order valence-corrected chi connectivity index (χ0v) is 16.6. The average molecular weight is 379 g/mol. The van der Waals surface area contributed by atoms with Gasteiger partial charge in [-0.2, -0.15) is 0 Å². The summed E-state index contributed by atoms with van der Waals surface area (Å²) in [4.78, 5) is 27.9. The Bertz CT molecular complexity index is 1230. The van der Waals surface area contributed by atoms with Crippen LogP contribution in [-0.2, 0) is 7.05 Å². The number of aryl methyl sites for hydroxylation is 3. The van der Waals surface area contributed by atoms with Crippen LogP contribution in [0.4, 0.5) is 0 Å². The minimum atomic E-state index is -0.0649. The van der Waals surface area contributed by atoms with Gasteiger partial charge in [-0.05, 0) is 57.0 Å². The van der Waals surface area contributed by atoms with E-state index in [1.165, 1.54) is 12.8 Å².